The normalized spacial score (nSPS) is 21.4. The molecule has 3 rings (SSSR count). The van der Waals surface area contributed by atoms with E-state index in [1.165, 1.54) is 32.9 Å². The molecule has 4 N–H and O–H groups in total. The van der Waals surface area contributed by atoms with E-state index in [9.17, 15) is 32.7 Å². The predicted molar refractivity (Wildman–Crippen MR) is 152 cm³/mol. The smallest absolute Gasteiger partial charge is 0.243 e. The van der Waals surface area contributed by atoms with Gasteiger partial charge in [0.05, 0.1) is 29.6 Å². The topological polar surface area (TPSA) is 171 Å². The van der Waals surface area contributed by atoms with E-state index in [1.807, 2.05) is 0 Å². The number of amides is 3. The monoisotopic (exact) mass is 593 g/mol. The zero-order valence-electron chi connectivity index (χ0n) is 24.5. The zero-order valence-corrected chi connectivity index (χ0v) is 25.3. The molecule has 2 aliphatic rings. The van der Waals surface area contributed by atoms with Crippen LogP contribution in [0.2, 0.25) is 0 Å². The van der Waals surface area contributed by atoms with E-state index in [0.717, 1.165) is 31.9 Å². The minimum absolute atomic E-state index is 0.0179. The predicted octanol–water partition coefficient (Wildman–Crippen LogP) is 1.21. The lowest BCUT2D eigenvalue weighted by Gasteiger charge is -2.27. The highest BCUT2D eigenvalue weighted by Crippen LogP contribution is 2.33. The number of carbonyl (C=O) groups excluding carboxylic acids is 4. The largest absolute Gasteiger partial charge is 0.390 e. The maximum Gasteiger partial charge on any atom is 0.243 e. The summed E-state index contributed by atoms with van der Waals surface area (Å²) in [6.07, 6.45) is 5.49. The quantitative estimate of drug-likeness (QED) is 0.233. The highest BCUT2D eigenvalue weighted by molar-refractivity contribution is 7.90. The van der Waals surface area contributed by atoms with Crippen molar-refractivity contribution in [3.63, 3.8) is 0 Å². The van der Waals surface area contributed by atoms with Crippen molar-refractivity contribution in [2.75, 3.05) is 12.9 Å². The third-order valence-electron chi connectivity index (χ3n) is 7.56. The Hall–Kier alpha value is -2.83. The number of epoxide rings is 1. The van der Waals surface area contributed by atoms with E-state index in [0.29, 0.717) is 17.9 Å². The number of hydrogen-bond acceptors (Lipinski definition) is 8. The van der Waals surface area contributed by atoms with Crippen LogP contribution >= 0.6 is 0 Å². The molecule has 1 aromatic carbocycles. The molecule has 1 heterocycles. The van der Waals surface area contributed by atoms with Crippen LogP contribution in [0.1, 0.15) is 71.8 Å². The second-order valence-corrected chi connectivity index (χ2v) is 14.3. The van der Waals surface area contributed by atoms with E-state index in [-0.39, 0.29) is 30.1 Å². The average Bonchev–Trinajstić information content (AvgIpc) is 3.39. The molecule has 11 nitrogen and oxygen atoms in total. The lowest BCUT2D eigenvalue weighted by molar-refractivity contribution is -0.134. The number of rotatable bonds is 14. The number of ether oxygens (including phenoxy) is 1. The molecule has 4 unspecified atom stereocenters. The summed E-state index contributed by atoms with van der Waals surface area (Å²) < 4.78 is 29.1. The van der Waals surface area contributed by atoms with Crippen molar-refractivity contribution >= 4 is 33.3 Å². The van der Waals surface area contributed by atoms with Gasteiger partial charge in [-0.25, -0.2) is 8.42 Å². The summed E-state index contributed by atoms with van der Waals surface area (Å²) in [5, 5.41) is 18.0. The van der Waals surface area contributed by atoms with Crippen LogP contribution < -0.4 is 16.0 Å². The van der Waals surface area contributed by atoms with Crippen LogP contribution in [0.5, 0.6) is 0 Å². The molecular formula is C29H43N3O8S. The van der Waals surface area contributed by atoms with Crippen LogP contribution in [-0.2, 0) is 40.2 Å². The minimum Gasteiger partial charge on any atom is -0.390 e. The highest BCUT2D eigenvalue weighted by Gasteiger charge is 2.50. The molecular weight excluding hydrogens is 550 g/mol. The molecule has 228 valence electrons. The summed E-state index contributed by atoms with van der Waals surface area (Å²) >= 11 is 0. The van der Waals surface area contributed by atoms with Gasteiger partial charge in [0.15, 0.2) is 15.6 Å². The number of hydrogen-bond donors (Lipinski definition) is 4. The zero-order chi connectivity index (χ0) is 30.6. The number of Topliss-reactive ketones (excluding diaryl/α,β-unsaturated/α-hetero) is 1. The van der Waals surface area contributed by atoms with Crippen LogP contribution in [0, 0.1) is 5.92 Å². The lowest BCUT2D eigenvalue weighted by atomic mass is 9.90. The molecule has 1 saturated heterocycles. The van der Waals surface area contributed by atoms with Crippen molar-refractivity contribution in [2.45, 2.75) is 107 Å². The van der Waals surface area contributed by atoms with Crippen LogP contribution in [-0.4, -0.2) is 79.2 Å². The minimum atomic E-state index is -3.42. The second kappa shape index (κ2) is 13.0. The van der Waals surface area contributed by atoms with Gasteiger partial charge in [0.1, 0.15) is 17.7 Å². The van der Waals surface area contributed by atoms with Gasteiger partial charge < -0.3 is 25.8 Å². The fourth-order valence-corrected chi connectivity index (χ4v) is 5.70. The fraction of sp³-hybridized carbons (Fsp3) is 0.655. The van der Waals surface area contributed by atoms with Crippen molar-refractivity contribution in [3.8, 4) is 0 Å². The number of benzene rings is 1. The number of sulfone groups is 1. The third-order valence-corrected chi connectivity index (χ3v) is 8.69. The maximum absolute atomic E-state index is 13.6. The first kappa shape index (κ1) is 32.7. The Labute approximate surface area is 242 Å². The van der Waals surface area contributed by atoms with Crippen LogP contribution in [0.25, 0.3) is 0 Å². The van der Waals surface area contributed by atoms with Gasteiger partial charge in [-0.2, -0.15) is 0 Å². The van der Waals surface area contributed by atoms with Gasteiger partial charge in [-0.15, -0.1) is 0 Å². The molecule has 2 fully saturated rings. The first-order chi connectivity index (χ1) is 19.0. The number of aliphatic hydroxyl groups is 1. The van der Waals surface area contributed by atoms with Crippen LogP contribution in [0.4, 0.5) is 0 Å². The molecule has 0 aromatic heterocycles. The van der Waals surface area contributed by atoms with Crippen molar-refractivity contribution in [1.29, 1.82) is 0 Å². The van der Waals surface area contributed by atoms with Crippen LogP contribution in [0.3, 0.4) is 0 Å². The molecule has 41 heavy (non-hydrogen) atoms. The van der Waals surface area contributed by atoms with Gasteiger partial charge in [-0.1, -0.05) is 37.8 Å². The molecule has 1 aliphatic heterocycles. The fourth-order valence-electron chi connectivity index (χ4n) is 5.07. The van der Waals surface area contributed by atoms with Crippen molar-refractivity contribution in [3.05, 3.63) is 29.8 Å². The maximum atomic E-state index is 13.6. The molecule has 3 amide bonds. The first-order valence-corrected chi connectivity index (χ1v) is 16.0. The number of ketones is 1. The molecule has 0 spiro atoms. The lowest BCUT2D eigenvalue weighted by Crippen LogP contribution is -2.57. The summed E-state index contributed by atoms with van der Waals surface area (Å²) in [5.41, 5.74) is -1.60. The Kier molecular flexibility index (Phi) is 10.4. The number of carbonyl (C=O) groups is 4. The molecule has 4 atom stereocenters. The van der Waals surface area contributed by atoms with E-state index >= 15 is 0 Å². The van der Waals surface area contributed by atoms with Crippen molar-refractivity contribution in [1.82, 2.24) is 16.0 Å². The Morgan fingerprint density at radius 2 is 1.59 bits per heavy atom. The third kappa shape index (κ3) is 9.89. The highest BCUT2D eigenvalue weighted by atomic mass is 32.2. The van der Waals surface area contributed by atoms with E-state index in [4.69, 9.17) is 4.74 Å². The van der Waals surface area contributed by atoms with Gasteiger partial charge in [0, 0.05) is 12.7 Å². The van der Waals surface area contributed by atoms with E-state index in [1.54, 1.807) is 19.1 Å². The van der Waals surface area contributed by atoms with Gasteiger partial charge >= 0.3 is 0 Å². The summed E-state index contributed by atoms with van der Waals surface area (Å²) in [6.45, 7) is 6.40. The molecule has 0 bridgehead atoms. The van der Waals surface area contributed by atoms with Gasteiger partial charge in [-0.3, -0.25) is 19.2 Å². The molecule has 1 saturated carbocycles. The Balaban J connectivity index is 1.79. The van der Waals surface area contributed by atoms with Crippen LogP contribution in [0.15, 0.2) is 29.2 Å². The van der Waals surface area contributed by atoms with Crippen molar-refractivity contribution in [2.24, 2.45) is 5.92 Å². The molecule has 1 aliphatic carbocycles. The molecule has 12 heteroatoms. The molecule has 0 radical (unpaired) electrons. The number of nitrogens with one attached hydrogen (secondary N) is 3. The SMILES string of the molecule is CC(NC(=O)CC(C)(C)O)C(=O)NC(Cc1ccc(S(C)(=O)=O)cc1)C(=O)NC(CC1CCCC1)C(=O)C1(C)CO1. The first-order valence-electron chi connectivity index (χ1n) is 14.1. The summed E-state index contributed by atoms with van der Waals surface area (Å²) in [6, 6.07) is 3.08. The molecule has 1 aromatic rings. The van der Waals surface area contributed by atoms with Gasteiger partial charge in [0.25, 0.3) is 0 Å². The van der Waals surface area contributed by atoms with E-state index in [2.05, 4.69) is 16.0 Å². The second-order valence-electron chi connectivity index (χ2n) is 12.3. The average molecular weight is 594 g/mol. The van der Waals surface area contributed by atoms with Crippen molar-refractivity contribution < 1.29 is 37.4 Å². The Morgan fingerprint density at radius 1 is 1.02 bits per heavy atom. The van der Waals surface area contributed by atoms with Gasteiger partial charge in [0.2, 0.25) is 17.7 Å². The standard InChI is InChI=1S/C29H43N3O8S/c1-18(30-24(33)16-28(2,3)37)26(35)32-23(15-20-10-12-21(13-11-20)41(5,38)39)27(36)31-22(14-19-8-6-7-9-19)25(34)29(4)17-40-29/h10-13,18-19,22-23,37H,6-9,14-17H2,1-5H3,(H,30,33)(H,31,36)(H,32,35). The van der Waals surface area contributed by atoms with E-state index < -0.39 is 56.9 Å². The summed E-state index contributed by atoms with van der Waals surface area (Å²) in [7, 11) is -3.42. The Bertz CT molecular complexity index is 1230. The summed E-state index contributed by atoms with van der Waals surface area (Å²) in [4.78, 5) is 52.4. The summed E-state index contributed by atoms with van der Waals surface area (Å²) in [5.74, 6) is -1.63. The Morgan fingerprint density at radius 3 is 2.10 bits per heavy atom. The van der Waals surface area contributed by atoms with Gasteiger partial charge in [-0.05, 0) is 57.7 Å².